The number of fused-ring (bicyclic) bond motifs is 1. The standard InChI is InChI=1S/C12H8ClFN4/c1-7-9(5-15-6-16-7)12-17-10-4-8(14)2-3-11(10)18(12)13/h2-6H,1H3. The van der Waals surface area contributed by atoms with Crippen molar-refractivity contribution in [2.75, 3.05) is 0 Å². The molecule has 4 nitrogen and oxygen atoms in total. The zero-order valence-electron chi connectivity index (χ0n) is 9.43. The summed E-state index contributed by atoms with van der Waals surface area (Å²) in [7, 11) is 0. The predicted octanol–water partition coefficient (Wildman–Crippen LogP) is 2.94. The quantitative estimate of drug-likeness (QED) is 0.677. The van der Waals surface area contributed by atoms with Crippen molar-refractivity contribution in [1.82, 2.24) is 19.0 Å². The van der Waals surface area contributed by atoms with E-state index in [2.05, 4.69) is 15.0 Å². The van der Waals surface area contributed by atoms with Gasteiger partial charge in [-0.05, 0) is 19.1 Å². The molecule has 1 aromatic carbocycles. The van der Waals surface area contributed by atoms with Crippen LogP contribution in [0.4, 0.5) is 4.39 Å². The fourth-order valence-corrected chi connectivity index (χ4v) is 2.07. The predicted molar refractivity (Wildman–Crippen MR) is 66.7 cm³/mol. The van der Waals surface area contributed by atoms with Gasteiger partial charge in [0.25, 0.3) is 0 Å². The van der Waals surface area contributed by atoms with Gasteiger partial charge in [-0.3, -0.25) is 0 Å². The van der Waals surface area contributed by atoms with Gasteiger partial charge in [0.2, 0.25) is 0 Å². The van der Waals surface area contributed by atoms with Crippen molar-refractivity contribution >= 4 is 22.8 Å². The lowest BCUT2D eigenvalue weighted by molar-refractivity contribution is 0.629. The normalized spacial score (nSPS) is 11.1. The van der Waals surface area contributed by atoms with Crippen molar-refractivity contribution in [3.05, 3.63) is 42.2 Å². The first-order chi connectivity index (χ1) is 8.66. The van der Waals surface area contributed by atoms with Crippen molar-refractivity contribution in [2.24, 2.45) is 0 Å². The minimum absolute atomic E-state index is 0.343. The molecule has 0 aliphatic rings. The fourth-order valence-electron chi connectivity index (χ4n) is 1.80. The molecule has 0 atom stereocenters. The largest absolute Gasteiger partial charge is 0.244 e. The Morgan fingerprint density at radius 1 is 1.33 bits per heavy atom. The molecule has 18 heavy (non-hydrogen) atoms. The molecule has 3 rings (SSSR count). The second-order valence-electron chi connectivity index (χ2n) is 3.87. The van der Waals surface area contributed by atoms with E-state index in [4.69, 9.17) is 11.8 Å². The third-order valence-corrected chi connectivity index (χ3v) is 3.06. The van der Waals surface area contributed by atoms with Crippen LogP contribution in [0.2, 0.25) is 0 Å². The summed E-state index contributed by atoms with van der Waals surface area (Å²) in [6.07, 6.45) is 3.10. The van der Waals surface area contributed by atoms with Crippen molar-refractivity contribution in [3.63, 3.8) is 0 Å². The Balaban J connectivity index is 2.31. The Bertz CT molecular complexity index is 738. The Labute approximate surface area is 107 Å². The van der Waals surface area contributed by atoms with Crippen molar-refractivity contribution < 1.29 is 4.39 Å². The van der Waals surface area contributed by atoms with Gasteiger partial charge in [0.15, 0.2) is 5.82 Å². The Kier molecular flexibility index (Phi) is 2.48. The van der Waals surface area contributed by atoms with Gasteiger partial charge in [-0.2, -0.15) is 0 Å². The maximum Gasteiger partial charge on any atom is 0.159 e. The summed E-state index contributed by atoms with van der Waals surface area (Å²) in [6.45, 7) is 1.84. The molecule has 2 heterocycles. The van der Waals surface area contributed by atoms with E-state index in [1.54, 1.807) is 12.3 Å². The third kappa shape index (κ3) is 1.64. The van der Waals surface area contributed by atoms with Crippen LogP contribution in [0, 0.1) is 12.7 Å². The molecular formula is C12H8ClFN4. The number of rotatable bonds is 1. The molecule has 6 heteroatoms. The van der Waals surface area contributed by atoms with E-state index < -0.39 is 0 Å². The van der Waals surface area contributed by atoms with Gasteiger partial charge < -0.3 is 0 Å². The molecule has 0 unspecified atom stereocenters. The number of imidazole rings is 1. The summed E-state index contributed by atoms with van der Waals surface area (Å²) in [5.74, 6) is 0.167. The Morgan fingerprint density at radius 2 is 2.17 bits per heavy atom. The molecule has 0 saturated carbocycles. The van der Waals surface area contributed by atoms with Crippen LogP contribution in [-0.2, 0) is 0 Å². The summed E-state index contributed by atoms with van der Waals surface area (Å²) in [6, 6.07) is 4.28. The number of aromatic nitrogens is 4. The molecule has 0 amide bonds. The van der Waals surface area contributed by atoms with Crippen LogP contribution >= 0.6 is 11.8 Å². The van der Waals surface area contributed by atoms with Crippen LogP contribution < -0.4 is 0 Å². The van der Waals surface area contributed by atoms with E-state index in [0.29, 0.717) is 16.9 Å². The number of aryl methyl sites for hydroxylation is 1. The molecular weight excluding hydrogens is 255 g/mol. The first-order valence-electron chi connectivity index (χ1n) is 5.28. The molecule has 0 spiro atoms. The lowest BCUT2D eigenvalue weighted by Gasteiger charge is -2.01. The minimum atomic E-state index is -0.343. The van der Waals surface area contributed by atoms with E-state index in [1.807, 2.05) is 6.92 Å². The summed E-state index contributed by atoms with van der Waals surface area (Å²) < 4.78 is 14.5. The zero-order chi connectivity index (χ0) is 12.7. The highest BCUT2D eigenvalue weighted by molar-refractivity contribution is 6.20. The molecule has 0 bridgehead atoms. The molecule has 0 aliphatic heterocycles. The van der Waals surface area contributed by atoms with Crippen LogP contribution in [0.25, 0.3) is 22.4 Å². The van der Waals surface area contributed by atoms with Gasteiger partial charge in [-0.1, -0.05) is 0 Å². The van der Waals surface area contributed by atoms with Gasteiger partial charge in [-0.15, -0.1) is 0 Å². The van der Waals surface area contributed by atoms with Gasteiger partial charge in [0, 0.05) is 24.0 Å². The summed E-state index contributed by atoms with van der Waals surface area (Å²) in [5, 5.41) is 0. The summed E-state index contributed by atoms with van der Waals surface area (Å²) >= 11 is 6.19. The SMILES string of the molecule is Cc1ncncc1-c1nc2cc(F)ccc2n1Cl. The topological polar surface area (TPSA) is 43.6 Å². The van der Waals surface area contributed by atoms with Crippen molar-refractivity contribution in [2.45, 2.75) is 6.92 Å². The Hall–Kier alpha value is -2.01. The van der Waals surface area contributed by atoms with Crippen LogP contribution in [0.1, 0.15) is 5.69 Å². The molecule has 0 saturated heterocycles. The molecule has 0 radical (unpaired) electrons. The maximum atomic E-state index is 13.1. The van der Waals surface area contributed by atoms with E-state index >= 15 is 0 Å². The fraction of sp³-hybridized carbons (Fsp3) is 0.0833. The van der Waals surface area contributed by atoms with Crippen molar-refractivity contribution in [1.29, 1.82) is 0 Å². The Morgan fingerprint density at radius 3 is 2.94 bits per heavy atom. The van der Waals surface area contributed by atoms with Crippen LogP contribution in [-0.4, -0.2) is 19.0 Å². The van der Waals surface area contributed by atoms with E-state index in [9.17, 15) is 4.39 Å². The first-order valence-corrected chi connectivity index (χ1v) is 5.62. The second kappa shape index (κ2) is 4.03. The highest BCUT2D eigenvalue weighted by Crippen LogP contribution is 2.27. The highest BCUT2D eigenvalue weighted by Gasteiger charge is 2.14. The molecule has 90 valence electrons. The lowest BCUT2D eigenvalue weighted by Crippen LogP contribution is -1.93. The monoisotopic (exact) mass is 262 g/mol. The molecule has 2 aromatic heterocycles. The van der Waals surface area contributed by atoms with E-state index in [0.717, 1.165) is 11.3 Å². The highest BCUT2D eigenvalue weighted by atomic mass is 35.5. The minimum Gasteiger partial charge on any atom is -0.244 e. The first kappa shape index (κ1) is 11.1. The number of hydrogen-bond donors (Lipinski definition) is 0. The number of nitrogens with zero attached hydrogens (tertiary/aromatic N) is 4. The number of hydrogen-bond acceptors (Lipinski definition) is 3. The molecule has 0 aliphatic carbocycles. The average molecular weight is 263 g/mol. The average Bonchev–Trinajstić information content (AvgIpc) is 2.67. The zero-order valence-corrected chi connectivity index (χ0v) is 10.2. The third-order valence-electron chi connectivity index (χ3n) is 2.71. The molecule has 0 N–H and O–H groups in total. The molecule has 3 aromatic rings. The van der Waals surface area contributed by atoms with E-state index in [1.165, 1.54) is 22.5 Å². The van der Waals surface area contributed by atoms with Gasteiger partial charge >= 0.3 is 0 Å². The number of halogens is 2. The maximum absolute atomic E-state index is 13.1. The smallest absolute Gasteiger partial charge is 0.159 e. The van der Waals surface area contributed by atoms with Gasteiger partial charge in [0.1, 0.15) is 12.1 Å². The number of benzene rings is 1. The summed E-state index contributed by atoms with van der Waals surface area (Å²) in [4.78, 5) is 12.4. The van der Waals surface area contributed by atoms with Gasteiger partial charge in [-0.25, -0.2) is 23.4 Å². The summed E-state index contributed by atoms with van der Waals surface area (Å²) in [5.41, 5.74) is 2.64. The van der Waals surface area contributed by atoms with Gasteiger partial charge in [0.05, 0.1) is 22.3 Å². The van der Waals surface area contributed by atoms with E-state index in [-0.39, 0.29) is 5.82 Å². The van der Waals surface area contributed by atoms with Crippen LogP contribution in [0.5, 0.6) is 0 Å². The lowest BCUT2D eigenvalue weighted by atomic mass is 10.2. The van der Waals surface area contributed by atoms with Crippen LogP contribution in [0.15, 0.2) is 30.7 Å². The second-order valence-corrected chi connectivity index (χ2v) is 4.21. The van der Waals surface area contributed by atoms with Crippen molar-refractivity contribution in [3.8, 4) is 11.4 Å². The van der Waals surface area contributed by atoms with Crippen LogP contribution in [0.3, 0.4) is 0 Å². The molecule has 0 fully saturated rings.